The Bertz CT molecular complexity index is 640. The third-order valence-corrected chi connectivity index (χ3v) is 4.99. The molecule has 1 unspecified atom stereocenters. The van der Waals surface area contributed by atoms with E-state index < -0.39 is 15.8 Å². The molecule has 2 N–H and O–H groups in total. The average Bonchev–Trinajstić information content (AvgIpc) is 2.86. The zero-order valence-electron chi connectivity index (χ0n) is 11.0. The standard InChI is InChI=1S/C13H16N2O4S/c1-2-20(18,19)11-6-4-3-5-10(11)15-13(17)9-7-12(16)14-8-9/h3-6,9H,2,7-8H2,1H3,(H,14,16)(H,15,17). The Morgan fingerprint density at radius 3 is 2.70 bits per heavy atom. The summed E-state index contributed by atoms with van der Waals surface area (Å²) in [5.74, 6) is -1.01. The minimum absolute atomic E-state index is 0.0383. The number of hydrogen-bond donors (Lipinski definition) is 2. The number of anilines is 1. The molecule has 6 nitrogen and oxygen atoms in total. The molecule has 1 aliphatic rings. The minimum Gasteiger partial charge on any atom is -0.355 e. The number of sulfone groups is 1. The van der Waals surface area contributed by atoms with Crippen molar-refractivity contribution in [3.8, 4) is 0 Å². The minimum atomic E-state index is -3.41. The molecule has 0 bridgehead atoms. The molecule has 2 rings (SSSR count). The second-order valence-corrected chi connectivity index (χ2v) is 6.84. The quantitative estimate of drug-likeness (QED) is 0.849. The molecule has 1 saturated heterocycles. The van der Waals surface area contributed by atoms with Crippen molar-refractivity contribution in [3.05, 3.63) is 24.3 Å². The van der Waals surface area contributed by atoms with Crippen molar-refractivity contribution in [2.24, 2.45) is 5.92 Å². The van der Waals surface area contributed by atoms with Crippen LogP contribution in [0.5, 0.6) is 0 Å². The molecule has 1 fully saturated rings. The molecule has 0 spiro atoms. The molecule has 0 aliphatic carbocycles. The van der Waals surface area contributed by atoms with Crippen molar-refractivity contribution in [2.45, 2.75) is 18.2 Å². The summed E-state index contributed by atoms with van der Waals surface area (Å²) in [6.07, 6.45) is 0.133. The van der Waals surface area contributed by atoms with Gasteiger partial charge >= 0.3 is 0 Å². The molecule has 1 aromatic rings. The van der Waals surface area contributed by atoms with E-state index in [0.717, 1.165) is 0 Å². The van der Waals surface area contributed by atoms with E-state index >= 15 is 0 Å². The molecule has 0 saturated carbocycles. The van der Waals surface area contributed by atoms with Gasteiger partial charge in [0.25, 0.3) is 0 Å². The number of rotatable bonds is 4. The van der Waals surface area contributed by atoms with E-state index in [4.69, 9.17) is 0 Å². The van der Waals surface area contributed by atoms with Crippen LogP contribution in [-0.4, -0.2) is 32.5 Å². The predicted octanol–water partition coefficient (Wildman–Crippen LogP) is 0.555. The fourth-order valence-corrected chi connectivity index (χ4v) is 3.07. The van der Waals surface area contributed by atoms with Crippen molar-refractivity contribution < 1.29 is 18.0 Å². The summed E-state index contributed by atoms with van der Waals surface area (Å²) in [5, 5.41) is 5.18. The first-order valence-electron chi connectivity index (χ1n) is 6.33. The fraction of sp³-hybridized carbons (Fsp3) is 0.385. The smallest absolute Gasteiger partial charge is 0.229 e. The summed E-state index contributed by atoms with van der Waals surface area (Å²) in [4.78, 5) is 23.2. The molecule has 0 aromatic heterocycles. The van der Waals surface area contributed by atoms with Gasteiger partial charge in [-0.3, -0.25) is 9.59 Å². The Labute approximate surface area is 117 Å². The van der Waals surface area contributed by atoms with Crippen molar-refractivity contribution in [1.82, 2.24) is 5.32 Å². The van der Waals surface area contributed by atoms with Crippen LogP contribution in [0.15, 0.2) is 29.2 Å². The van der Waals surface area contributed by atoms with E-state index in [1.54, 1.807) is 25.1 Å². The van der Waals surface area contributed by atoms with Crippen LogP contribution in [0.1, 0.15) is 13.3 Å². The van der Waals surface area contributed by atoms with Crippen molar-refractivity contribution >= 4 is 27.3 Å². The van der Waals surface area contributed by atoms with Gasteiger partial charge in [0.15, 0.2) is 9.84 Å². The van der Waals surface area contributed by atoms with Gasteiger partial charge in [0.2, 0.25) is 11.8 Å². The van der Waals surface area contributed by atoms with E-state index in [0.29, 0.717) is 0 Å². The van der Waals surface area contributed by atoms with Gasteiger partial charge in [-0.25, -0.2) is 8.42 Å². The third-order valence-electron chi connectivity index (χ3n) is 3.21. The van der Waals surface area contributed by atoms with Crippen LogP contribution >= 0.6 is 0 Å². The van der Waals surface area contributed by atoms with E-state index in [1.165, 1.54) is 6.07 Å². The highest BCUT2D eigenvalue weighted by atomic mass is 32.2. The highest BCUT2D eigenvalue weighted by molar-refractivity contribution is 7.91. The average molecular weight is 296 g/mol. The SMILES string of the molecule is CCS(=O)(=O)c1ccccc1NC(=O)C1CNC(=O)C1. The lowest BCUT2D eigenvalue weighted by molar-refractivity contribution is -0.123. The second kappa shape index (κ2) is 5.62. The Kier molecular flexibility index (Phi) is 4.08. The van der Waals surface area contributed by atoms with Crippen LogP contribution in [-0.2, 0) is 19.4 Å². The normalized spacial score (nSPS) is 18.6. The number of carbonyl (C=O) groups is 2. The van der Waals surface area contributed by atoms with Crippen LogP contribution in [0.2, 0.25) is 0 Å². The highest BCUT2D eigenvalue weighted by Crippen LogP contribution is 2.23. The molecule has 1 aliphatic heterocycles. The van der Waals surface area contributed by atoms with Crippen molar-refractivity contribution in [1.29, 1.82) is 0 Å². The first-order chi connectivity index (χ1) is 9.44. The van der Waals surface area contributed by atoms with Crippen molar-refractivity contribution in [3.63, 3.8) is 0 Å². The molecular formula is C13H16N2O4S. The number of benzene rings is 1. The van der Waals surface area contributed by atoms with Crippen LogP contribution in [0.25, 0.3) is 0 Å². The number of hydrogen-bond acceptors (Lipinski definition) is 4. The zero-order chi connectivity index (χ0) is 14.8. The fourth-order valence-electron chi connectivity index (χ4n) is 2.02. The van der Waals surface area contributed by atoms with Crippen LogP contribution in [0.4, 0.5) is 5.69 Å². The van der Waals surface area contributed by atoms with Gasteiger partial charge in [-0.05, 0) is 12.1 Å². The predicted molar refractivity (Wildman–Crippen MR) is 73.9 cm³/mol. The number of para-hydroxylation sites is 1. The Hall–Kier alpha value is -1.89. The van der Waals surface area contributed by atoms with Crippen molar-refractivity contribution in [2.75, 3.05) is 17.6 Å². The summed E-state index contributed by atoms with van der Waals surface area (Å²) in [6, 6.07) is 6.28. The van der Waals surface area contributed by atoms with E-state index in [1.807, 2.05) is 0 Å². The topological polar surface area (TPSA) is 92.3 Å². The summed E-state index contributed by atoms with van der Waals surface area (Å²) in [6.45, 7) is 1.83. The maximum Gasteiger partial charge on any atom is 0.229 e. The van der Waals surface area contributed by atoms with Gasteiger partial charge in [0.1, 0.15) is 0 Å². The van der Waals surface area contributed by atoms with Gasteiger partial charge in [-0.1, -0.05) is 19.1 Å². The molecule has 1 heterocycles. The maximum absolute atomic E-state index is 12.0. The van der Waals surface area contributed by atoms with Crippen LogP contribution in [0, 0.1) is 5.92 Å². The molecule has 7 heteroatoms. The van der Waals surface area contributed by atoms with Gasteiger partial charge < -0.3 is 10.6 Å². The molecule has 1 aromatic carbocycles. The highest BCUT2D eigenvalue weighted by Gasteiger charge is 2.29. The number of carbonyl (C=O) groups excluding carboxylic acids is 2. The molecule has 20 heavy (non-hydrogen) atoms. The molecule has 2 amide bonds. The van der Waals surface area contributed by atoms with Gasteiger partial charge in [0.05, 0.1) is 22.3 Å². The molecule has 1 atom stereocenters. The Morgan fingerprint density at radius 1 is 1.40 bits per heavy atom. The maximum atomic E-state index is 12.0. The number of nitrogens with one attached hydrogen (secondary N) is 2. The van der Waals surface area contributed by atoms with Gasteiger partial charge in [-0.15, -0.1) is 0 Å². The lowest BCUT2D eigenvalue weighted by Crippen LogP contribution is -2.25. The van der Waals surface area contributed by atoms with Crippen LogP contribution < -0.4 is 10.6 Å². The largest absolute Gasteiger partial charge is 0.355 e. The summed E-state index contributed by atoms with van der Waals surface area (Å²) in [7, 11) is -3.41. The zero-order valence-corrected chi connectivity index (χ0v) is 11.9. The second-order valence-electron chi connectivity index (χ2n) is 4.59. The molecular weight excluding hydrogens is 280 g/mol. The summed E-state index contributed by atoms with van der Waals surface area (Å²) in [5.41, 5.74) is 0.263. The lowest BCUT2D eigenvalue weighted by Gasteiger charge is -2.13. The van der Waals surface area contributed by atoms with Gasteiger partial charge in [0, 0.05) is 13.0 Å². The first-order valence-corrected chi connectivity index (χ1v) is 7.98. The van der Waals surface area contributed by atoms with E-state index in [2.05, 4.69) is 10.6 Å². The summed E-state index contributed by atoms with van der Waals surface area (Å²) < 4.78 is 23.9. The molecule has 108 valence electrons. The monoisotopic (exact) mass is 296 g/mol. The Morgan fingerprint density at radius 2 is 2.10 bits per heavy atom. The van der Waals surface area contributed by atoms with E-state index in [9.17, 15) is 18.0 Å². The lowest BCUT2D eigenvalue weighted by atomic mass is 10.1. The summed E-state index contributed by atoms with van der Waals surface area (Å²) >= 11 is 0. The third kappa shape index (κ3) is 2.98. The molecule has 0 radical (unpaired) electrons. The first kappa shape index (κ1) is 14.5. The van der Waals surface area contributed by atoms with E-state index in [-0.39, 0.29) is 41.1 Å². The van der Waals surface area contributed by atoms with Crippen LogP contribution in [0.3, 0.4) is 0 Å². The Balaban J connectivity index is 2.22. The van der Waals surface area contributed by atoms with Gasteiger partial charge in [-0.2, -0.15) is 0 Å². The number of amides is 2.